The van der Waals surface area contributed by atoms with Crippen LogP contribution in [0.5, 0.6) is 0 Å². The molecule has 0 aliphatic carbocycles. The summed E-state index contributed by atoms with van der Waals surface area (Å²) < 4.78 is 5.35. The third kappa shape index (κ3) is 3.96. The summed E-state index contributed by atoms with van der Waals surface area (Å²) in [7, 11) is 0. The molecule has 24 heavy (non-hydrogen) atoms. The molecule has 0 spiro atoms. The van der Waals surface area contributed by atoms with Gasteiger partial charge in [0.1, 0.15) is 0 Å². The second-order valence-electron chi connectivity index (χ2n) is 6.86. The smallest absolute Gasteiger partial charge is 0.308 e. The van der Waals surface area contributed by atoms with Gasteiger partial charge in [-0.25, -0.2) is 0 Å². The number of hydrogen-bond donors (Lipinski definition) is 1. The van der Waals surface area contributed by atoms with Crippen LogP contribution < -0.4 is 0 Å². The number of carbonyl (C=O) groups excluding carboxylic acids is 1. The van der Waals surface area contributed by atoms with E-state index in [9.17, 15) is 14.7 Å². The molecule has 1 N–H and O–H groups in total. The first kappa shape index (κ1) is 17.0. The van der Waals surface area contributed by atoms with E-state index in [0.29, 0.717) is 25.4 Å². The molecule has 130 valence electrons. The summed E-state index contributed by atoms with van der Waals surface area (Å²) in [5, 5.41) is 9.53. The summed E-state index contributed by atoms with van der Waals surface area (Å²) in [5.41, 5.74) is 1.00. The lowest BCUT2D eigenvalue weighted by Gasteiger charge is -2.23. The molecule has 0 saturated carbocycles. The van der Waals surface area contributed by atoms with Crippen molar-refractivity contribution in [3.63, 3.8) is 0 Å². The minimum Gasteiger partial charge on any atom is -0.481 e. The number of nitrogens with zero attached hydrogens (tertiary/aromatic N) is 1. The highest BCUT2D eigenvalue weighted by Gasteiger charge is 2.40. The Morgan fingerprint density at radius 1 is 1.12 bits per heavy atom. The molecule has 1 amide bonds. The summed E-state index contributed by atoms with van der Waals surface area (Å²) in [5.74, 6) is -0.796. The molecule has 1 aromatic rings. The molecule has 2 aliphatic rings. The van der Waals surface area contributed by atoms with Gasteiger partial charge in [-0.15, -0.1) is 0 Å². The zero-order chi connectivity index (χ0) is 16.9. The van der Waals surface area contributed by atoms with Gasteiger partial charge in [0.15, 0.2) is 0 Å². The van der Waals surface area contributed by atoms with E-state index in [1.54, 1.807) is 4.90 Å². The van der Waals surface area contributed by atoms with Crippen molar-refractivity contribution in [2.75, 3.05) is 26.3 Å². The zero-order valence-electron chi connectivity index (χ0n) is 13.9. The SMILES string of the molecule is O=C(O)C1CN(C(=O)CCC2CCOCC2)CC1c1ccccc1. The second-order valence-corrected chi connectivity index (χ2v) is 6.86. The van der Waals surface area contributed by atoms with Gasteiger partial charge in [0.25, 0.3) is 0 Å². The predicted molar refractivity (Wildman–Crippen MR) is 89.7 cm³/mol. The molecule has 0 bridgehead atoms. The van der Waals surface area contributed by atoms with E-state index in [-0.39, 0.29) is 11.8 Å². The lowest BCUT2D eigenvalue weighted by molar-refractivity contribution is -0.141. The van der Waals surface area contributed by atoms with E-state index in [1.807, 2.05) is 30.3 Å². The van der Waals surface area contributed by atoms with Gasteiger partial charge in [-0.1, -0.05) is 30.3 Å². The molecule has 3 rings (SSSR count). The van der Waals surface area contributed by atoms with Crippen LogP contribution in [0, 0.1) is 11.8 Å². The Morgan fingerprint density at radius 3 is 2.50 bits per heavy atom. The highest BCUT2D eigenvalue weighted by molar-refractivity contribution is 5.79. The van der Waals surface area contributed by atoms with E-state index in [2.05, 4.69) is 0 Å². The van der Waals surface area contributed by atoms with Gasteiger partial charge >= 0.3 is 5.97 Å². The van der Waals surface area contributed by atoms with Gasteiger partial charge in [-0.3, -0.25) is 9.59 Å². The maximum Gasteiger partial charge on any atom is 0.308 e. The number of carboxylic acid groups (broad SMARTS) is 1. The molecule has 2 aliphatic heterocycles. The van der Waals surface area contributed by atoms with Crippen LogP contribution in [0.25, 0.3) is 0 Å². The predicted octanol–water partition coefficient (Wildman–Crippen LogP) is 2.52. The number of amides is 1. The van der Waals surface area contributed by atoms with E-state index < -0.39 is 11.9 Å². The maximum absolute atomic E-state index is 12.5. The normalized spacial score (nSPS) is 24.9. The molecular formula is C19H25NO4. The van der Waals surface area contributed by atoms with E-state index in [4.69, 9.17) is 4.74 Å². The van der Waals surface area contributed by atoms with Crippen molar-refractivity contribution in [2.24, 2.45) is 11.8 Å². The van der Waals surface area contributed by atoms with Gasteiger partial charge in [0, 0.05) is 38.6 Å². The molecule has 2 saturated heterocycles. The van der Waals surface area contributed by atoms with Crippen molar-refractivity contribution in [1.29, 1.82) is 0 Å². The van der Waals surface area contributed by atoms with Gasteiger partial charge in [-0.05, 0) is 30.7 Å². The summed E-state index contributed by atoms with van der Waals surface area (Å²) in [6.45, 7) is 2.41. The molecular weight excluding hydrogens is 306 g/mol. The van der Waals surface area contributed by atoms with Gasteiger partial charge in [0.2, 0.25) is 5.91 Å². The number of hydrogen-bond acceptors (Lipinski definition) is 3. The Morgan fingerprint density at radius 2 is 1.83 bits per heavy atom. The number of carboxylic acids is 1. The fraction of sp³-hybridized carbons (Fsp3) is 0.579. The Kier molecular flexibility index (Phi) is 5.51. The maximum atomic E-state index is 12.5. The quantitative estimate of drug-likeness (QED) is 0.900. The fourth-order valence-electron chi connectivity index (χ4n) is 3.82. The molecule has 2 fully saturated rings. The van der Waals surface area contributed by atoms with E-state index in [0.717, 1.165) is 38.0 Å². The fourth-order valence-corrected chi connectivity index (χ4v) is 3.82. The molecule has 0 aromatic heterocycles. The average Bonchev–Trinajstić information content (AvgIpc) is 3.07. The minimum absolute atomic E-state index is 0.0890. The van der Waals surface area contributed by atoms with Crippen LogP contribution in [0.3, 0.4) is 0 Å². The molecule has 2 heterocycles. The van der Waals surface area contributed by atoms with Crippen LogP contribution >= 0.6 is 0 Å². The van der Waals surface area contributed by atoms with Crippen molar-refractivity contribution < 1.29 is 19.4 Å². The third-order valence-corrected chi connectivity index (χ3v) is 5.32. The zero-order valence-corrected chi connectivity index (χ0v) is 13.9. The monoisotopic (exact) mass is 331 g/mol. The number of aliphatic carboxylic acids is 1. The van der Waals surface area contributed by atoms with Crippen molar-refractivity contribution in [2.45, 2.75) is 31.6 Å². The summed E-state index contributed by atoms with van der Waals surface area (Å²) in [4.78, 5) is 25.9. The Labute approximate surface area is 142 Å². The van der Waals surface area contributed by atoms with Crippen LogP contribution in [0.15, 0.2) is 30.3 Å². The Bertz CT molecular complexity index is 568. The number of ether oxygens (including phenoxy) is 1. The standard InChI is InChI=1S/C19H25NO4/c21-18(7-6-14-8-10-24-11-9-14)20-12-16(17(13-20)19(22)23)15-4-2-1-3-5-15/h1-5,14,16-17H,6-13H2,(H,22,23). The molecule has 5 nitrogen and oxygen atoms in total. The topological polar surface area (TPSA) is 66.8 Å². The van der Waals surface area contributed by atoms with Crippen molar-refractivity contribution >= 4 is 11.9 Å². The van der Waals surface area contributed by atoms with Gasteiger partial charge in [-0.2, -0.15) is 0 Å². The lowest BCUT2D eigenvalue weighted by atomic mass is 9.89. The molecule has 1 aromatic carbocycles. The molecule has 0 radical (unpaired) electrons. The van der Waals surface area contributed by atoms with Gasteiger partial charge < -0.3 is 14.7 Å². The van der Waals surface area contributed by atoms with E-state index in [1.165, 1.54) is 0 Å². The summed E-state index contributed by atoms with van der Waals surface area (Å²) in [6.07, 6.45) is 3.44. The van der Waals surface area contributed by atoms with Crippen LogP contribution in [0.4, 0.5) is 0 Å². The molecule has 5 heteroatoms. The van der Waals surface area contributed by atoms with Crippen LogP contribution in [0.1, 0.15) is 37.2 Å². The summed E-state index contributed by atoms with van der Waals surface area (Å²) >= 11 is 0. The molecule has 2 atom stereocenters. The van der Waals surface area contributed by atoms with Crippen molar-refractivity contribution in [3.8, 4) is 0 Å². The van der Waals surface area contributed by atoms with Crippen LogP contribution in [-0.4, -0.2) is 48.2 Å². The highest BCUT2D eigenvalue weighted by atomic mass is 16.5. The van der Waals surface area contributed by atoms with Crippen LogP contribution in [-0.2, 0) is 14.3 Å². The number of carbonyl (C=O) groups is 2. The second kappa shape index (κ2) is 7.79. The first-order valence-electron chi connectivity index (χ1n) is 8.78. The minimum atomic E-state index is -0.816. The first-order valence-corrected chi connectivity index (χ1v) is 8.78. The number of likely N-dealkylation sites (tertiary alicyclic amines) is 1. The van der Waals surface area contributed by atoms with Crippen molar-refractivity contribution in [3.05, 3.63) is 35.9 Å². The Hall–Kier alpha value is -1.88. The summed E-state index contributed by atoms with van der Waals surface area (Å²) in [6, 6.07) is 9.67. The van der Waals surface area contributed by atoms with Crippen LogP contribution in [0.2, 0.25) is 0 Å². The van der Waals surface area contributed by atoms with Crippen molar-refractivity contribution in [1.82, 2.24) is 4.90 Å². The largest absolute Gasteiger partial charge is 0.481 e. The Balaban J connectivity index is 1.60. The van der Waals surface area contributed by atoms with E-state index >= 15 is 0 Å². The molecule has 2 unspecified atom stereocenters. The number of benzene rings is 1. The highest BCUT2D eigenvalue weighted by Crippen LogP contribution is 2.33. The number of rotatable bonds is 5. The average molecular weight is 331 g/mol. The van der Waals surface area contributed by atoms with Gasteiger partial charge in [0.05, 0.1) is 5.92 Å². The first-order chi connectivity index (χ1) is 11.6. The lowest BCUT2D eigenvalue weighted by Crippen LogP contribution is -2.30. The third-order valence-electron chi connectivity index (χ3n) is 5.32.